The van der Waals surface area contributed by atoms with Crippen molar-refractivity contribution in [2.75, 3.05) is 5.75 Å². The summed E-state index contributed by atoms with van der Waals surface area (Å²) in [6.45, 7) is 4.87. The third-order valence-electron chi connectivity index (χ3n) is 6.30. The van der Waals surface area contributed by atoms with Gasteiger partial charge in [-0.3, -0.25) is 19.1 Å². The van der Waals surface area contributed by atoms with Gasteiger partial charge in [0.2, 0.25) is 5.91 Å². The molecule has 1 aliphatic carbocycles. The van der Waals surface area contributed by atoms with Crippen LogP contribution in [0.2, 0.25) is 0 Å². The van der Waals surface area contributed by atoms with Crippen molar-refractivity contribution in [3.8, 4) is 0 Å². The largest absolute Gasteiger partial charge is 0.352 e. The Morgan fingerprint density at radius 1 is 1.16 bits per heavy atom. The molecule has 0 unspecified atom stereocenters. The molecule has 1 amide bonds. The molecule has 3 aromatic rings. The zero-order chi connectivity index (χ0) is 21.8. The molecule has 0 radical (unpaired) electrons. The smallest absolute Gasteiger partial charge is 0.262 e. The van der Waals surface area contributed by atoms with Crippen molar-refractivity contribution >= 4 is 28.6 Å². The molecule has 7 heteroatoms. The number of thioether (sulfide) groups is 1. The minimum Gasteiger partial charge on any atom is -0.352 e. The number of rotatable bonds is 6. The summed E-state index contributed by atoms with van der Waals surface area (Å²) in [5.41, 5.74) is 1.52. The molecule has 1 N–H and O–H groups in total. The molecular weight excluding hydrogens is 408 g/mol. The van der Waals surface area contributed by atoms with E-state index in [1.807, 2.05) is 30.3 Å². The number of hydrogen-bond acceptors (Lipinski definition) is 5. The quantitative estimate of drug-likeness (QED) is 0.469. The van der Waals surface area contributed by atoms with Gasteiger partial charge in [-0.2, -0.15) is 0 Å². The lowest BCUT2D eigenvalue weighted by molar-refractivity contribution is -0.120. The van der Waals surface area contributed by atoms with E-state index in [2.05, 4.69) is 24.1 Å². The van der Waals surface area contributed by atoms with E-state index >= 15 is 0 Å². The molecule has 1 aliphatic rings. The lowest BCUT2D eigenvalue weighted by Crippen LogP contribution is -2.44. The number of amides is 1. The second-order valence-corrected chi connectivity index (χ2v) is 9.33. The Hall–Kier alpha value is -2.67. The van der Waals surface area contributed by atoms with Crippen LogP contribution in [0, 0.1) is 11.8 Å². The molecule has 3 atom stereocenters. The van der Waals surface area contributed by atoms with Crippen molar-refractivity contribution in [2.45, 2.75) is 50.9 Å². The normalized spacial score (nSPS) is 21.2. The molecule has 6 nitrogen and oxygen atoms in total. The molecule has 0 saturated heterocycles. The standard InChI is InChI=1S/C24H28N4O2S/c1-16-6-5-9-20(17(16)2)26-22(29)15-31-24-27-21-8-4-3-7-19(21)23(30)28(24)14-18-10-12-25-13-11-18/h3-4,7-8,10-13,16-17,20H,5-6,9,14-15H2,1-2H3,(H,26,29)/t16-,17-,20+/m1/s1. The van der Waals surface area contributed by atoms with E-state index in [0.29, 0.717) is 34.4 Å². The third kappa shape index (κ3) is 4.98. The van der Waals surface area contributed by atoms with Gasteiger partial charge in [0.25, 0.3) is 5.56 Å². The highest BCUT2D eigenvalue weighted by molar-refractivity contribution is 7.99. The monoisotopic (exact) mass is 436 g/mol. The molecule has 4 rings (SSSR count). The molecule has 31 heavy (non-hydrogen) atoms. The fourth-order valence-electron chi connectivity index (χ4n) is 4.23. The first-order valence-electron chi connectivity index (χ1n) is 10.8. The van der Waals surface area contributed by atoms with Crippen molar-refractivity contribution < 1.29 is 4.79 Å². The Balaban J connectivity index is 1.55. The Morgan fingerprint density at radius 3 is 2.74 bits per heavy atom. The molecule has 0 aliphatic heterocycles. The van der Waals surface area contributed by atoms with Gasteiger partial charge in [-0.15, -0.1) is 0 Å². The molecule has 2 heterocycles. The van der Waals surface area contributed by atoms with E-state index in [1.165, 1.54) is 18.2 Å². The highest BCUT2D eigenvalue weighted by atomic mass is 32.2. The zero-order valence-corrected chi connectivity index (χ0v) is 18.8. The van der Waals surface area contributed by atoms with Gasteiger partial charge < -0.3 is 5.32 Å². The van der Waals surface area contributed by atoms with E-state index in [1.54, 1.807) is 23.0 Å². The van der Waals surface area contributed by atoms with Gasteiger partial charge in [0.15, 0.2) is 5.16 Å². The van der Waals surface area contributed by atoms with Crippen molar-refractivity contribution in [1.82, 2.24) is 19.9 Å². The summed E-state index contributed by atoms with van der Waals surface area (Å²) in [6.07, 6.45) is 6.83. The van der Waals surface area contributed by atoms with Crippen LogP contribution in [0.5, 0.6) is 0 Å². The Morgan fingerprint density at radius 2 is 1.94 bits per heavy atom. The van der Waals surface area contributed by atoms with E-state index in [0.717, 1.165) is 18.4 Å². The molecule has 162 valence electrons. The van der Waals surface area contributed by atoms with Gasteiger partial charge in [0.1, 0.15) is 0 Å². The van der Waals surface area contributed by atoms with Gasteiger partial charge >= 0.3 is 0 Å². The summed E-state index contributed by atoms with van der Waals surface area (Å²) in [5.74, 6) is 1.33. The van der Waals surface area contributed by atoms with Crippen molar-refractivity contribution in [3.63, 3.8) is 0 Å². The van der Waals surface area contributed by atoms with Crippen LogP contribution in [0.3, 0.4) is 0 Å². The molecule has 1 saturated carbocycles. The van der Waals surface area contributed by atoms with Gasteiger partial charge in [-0.1, -0.05) is 50.6 Å². The summed E-state index contributed by atoms with van der Waals surface area (Å²) < 4.78 is 1.65. The maximum Gasteiger partial charge on any atom is 0.262 e. The maximum atomic E-state index is 13.2. The lowest BCUT2D eigenvalue weighted by atomic mass is 9.78. The van der Waals surface area contributed by atoms with Crippen LogP contribution in [0.1, 0.15) is 38.7 Å². The summed E-state index contributed by atoms with van der Waals surface area (Å²) in [6, 6.07) is 11.3. The molecular formula is C24H28N4O2S. The predicted octanol–water partition coefficient (Wildman–Crippen LogP) is 3.87. The number of fused-ring (bicyclic) bond motifs is 1. The summed E-state index contributed by atoms with van der Waals surface area (Å²) >= 11 is 1.32. The predicted molar refractivity (Wildman–Crippen MR) is 124 cm³/mol. The number of carbonyl (C=O) groups excluding carboxylic acids is 1. The molecule has 1 aromatic carbocycles. The average molecular weight is 437 g/mol. The van der Waals surface area contributed by atoms with E-state index in [9.17, 15) is 9.59 Å². The SMILES string of the molecule is C[C@@H]1[C@H](C)CCC[C@@H]1NC(=O)CSc1nc2ccccc2c(=O)n1Cc1ccncc1. The Bertz CT molecular complexity index is 1120. The number of nitrogens with one attached hydrogen (secondary N) is 1. The highest BCUT2D eigenvalue weighted by Gasteiger charge is 2.28. The minimum absolute atomic E-state index is 0.00572. The van der Waals surface area contributed by atoms with Crippen LogP contribution >= 0.6 is 11.8 Å². The number of pyridine rings is 1. The van der Waals surface area contributed by atoms with Gasteiger partial charge in [0.05, 0.1) is 23.2 Å². The van der Waals surface area contributed by atoms with E-state index < -0.39 is 0 Å². The minimum atomic E-state index is -0.0972. The van der Waals surface area contributed by atoms with E-state index in [4.69, 9.17) is 4.98 Å². The van der Waals surface area contributed by atoms with Crippen LogP contribution in [0.25, 0.3) is 10.9 Å². The fraction of sp³-hybridized carbons (Fsp3) is 0.417. The topological polar surface area (TPSA) is 76.9 Å². The summed E-state index contributed by atoms with van der Waals surface area (Å²) in [4.78, 5) is 34.6. The van der Waals surface area contributed by atoms with Crippen molar-refractivity contribution in [1.29, 1.82) is 0 Å². The number of benzene rings is 1. The fourth-order valence-corrected chi connectivity index (χ4v) is 5.04. The molecule has 1 fully saturated rings. The molecule has 0 bridgehead atoms. The number of para-hydroxylation sites is 1. The highest BCUT2D eigenvalue weighted by Crippen LogP contribution is 2.29. The van der Waals surface area contributed by atoms with Gasteiger partial charge in [-0.25, -0.2) is 4.98 Å². The number of nitrogens with zero attached hydrogens (tertiary/aromatic N) is 3. The molecule has 2 aromatic heterocycles. The number of aromatic nitrogens is 3. The van der Waals surface area contributed by atoms with Crippen LogP contribution < -0.4 is 10.9 Å². The molecule has 0 spiro atoms. The Labute approximate surface area is 186 Å². The summed E-state index contributed by atoms with van der Waals surface area (Å²) in [5, 5.41) is 4.34. The third-order valence-corrected chi connectivity index (χ3v) is 7.28. The van der Waals surface area contributed by atoms with Gasteiger partial charge in [0, 0.05) is 18.4 Å². The number of carbonyl (C=O) groups is 1. The second-order valence-electron chi connectivity index (χ2n) is 8.39. The maximum absolute atomic E-state index is 13.2. The zero-order valence-electron chi connectivity index (χ0n) is 18.0. The Kier molecular flexibility index (Phi) is 6.70. The second kappa shape index (κ2) is 9.64. The average Bonchev–Trinajstić information content (AvgIpc) is 2.78. The number of hydrogen-bond donors (Lipinski definition) is 1. The lowest BCUT2D eigenvalue weighted by Gasteiger charge is -2.34. The first-order valence-corrected chi connectivity index (χ1v) is 11.8. The van der Waals surface area contributed by atoms with Gasteiger partial charge in [-0.05, 0) is 48.1 Å². The van der Waals surface area contributed by atoms with Crippen LogP contribution in [0.4, 0.5) is 0 Å². The summed E-state index contributed by atoms with van der Waals surface area (Å²) in [7, 11) is 0. The van der Waals surface area contributed by atoms with Crippen LogP contribution in [-0.4, -0.2) is 32.2 Å². The first-order chi connectivity index (χ1) is 15.0. The first kappa shape index (κ1) is 21.6. The van der Waals surface area contributed by atoms with Crippen LogP contribution in [-0.2, 0) is 11.3 Å². The van der Waals surface area contributed by atoms with E-state index in [-0.39, 0.29) is 23.3 Å². The van der Waals surface area contributed by atoms with Crippen molar-refractivity contribution in [3.05, 3.63) is 64.7 Å². The van der Waals surface area contributed by atoms with Crippen LogP contribution in [0.15, 0.2) is 58.7 Å². The van der Waals surface area contributed by atoms with Crippen molar-refractivity contribution in [2.24, 2.45) is 11.8 Å².